The Bertz CT molecular complexity index is 599. The summed E-state index contributed by atoms with van der Waals surface area (Å²) in [4.78, 5) is 0.926. The first-order chi connectivity index (χ1) is 9.06. The molecular weight excluding hydrogens is 264 g/mol. The Hall–Kier alpha value is -1.39. The Balaban J connectivity index is 2.56. The van der Waals surface area contributed by atoms with Crippen LogP contribution in [0, 0.1) is 18.6 Å². The summed E-state index contributed by atoms with van der Waals surface area (Å²) in [6.45, 7) is 1.60. The van der Waals surface area contributed by atoms with Crippen LogP contribution in [-0.2, 0) is 0 Å². The SMILES string of the molecule is CSc1ccccc1C(N)c1c(F)ccc(C)c1F. The van der Waals surface area contributed by atoms with E-state index in [1.807, 2.05) is 24.5 Å². The van der Waals surface area contributed by atoms with Crippen molar-refractivity contribution in [3.63, 3.8) is 0 Å². The monoisotopic (exact) mass is 279 g/mol. The summed E-state index contributed by atoms with van der Waals surface area (Å²) in [7, 11) is 0. The maximum atomic E-state index is 14.1. The number of aryl methyl sites for hydroxylation is 1. The summed E-state index contributed by atoms with van der Waals surface area (Å²) in [6.07, 6.45) is 1.91. The van der Waals surface area contributed by atoms with Gasteiger partial charge in [-0.2, -0.15) is 0 Å². The van der Waals surface area contributed by atoms with Gasteiger partial charge in [0, 0.05) is 10.5 Å². The molecule has 2 aromatic rings. The van der Waals surface area contributed by atoms with E-state index in [1.54, 1.807) is 13.0 Å². The fraction of sp³-hybridized carbons (Fsp3) is 0.200. The lowest BCUT2D eigenvalue weighted by Gasteiger charge is -2.18. The molecule has 2 rings (SSSR count). The Morgan fingerprint density at radius 2 is 1.79 bits per heavy atom. The fourth-order valence-electron chi connectivity index (χ4n) is 2.04. The van der Waals surface area contributed by atoms with E-state index in [2.05, 4.69) is 0 Å². The van der Waals surface area contributed by atoms with E-state index in [-0.39, 0.29) is 5.56 Å². The van der Waals surface area contributed by atoms with Gasteiger partial charge >= 0.3 is 0 Å². The second-order valence-electron chi connectivity index (χ2n) is 4.31. The van der Waals surface area contributed by atoms with Crippen LogP contribution in [0.3, 0.4) is 0 Å². The van der Waals surface area contributed by atoms with Crippen LogP contribution in [0.1, 0.15) is 22.7 Å². The minimum atomic E-state index is -0.802. The number of halogens is 2. The average Bonchev–Trinajstić information content (AvgIpc) is 2.43. The van der Waals surface area contributed by atoms with Crippen molar-refractivity contribution in [2.75, 3.05) is 6.26 Å². The van der Waals surface area contributed by atoms with Crippen molar-refractivity contribution >= 4 is 11.8 Å². The molecule has 1 nitrogen and oxygen atoms in total. The molecule has 0 radical (unpaired) electrons. The van der Waals surface area contributed by atoms with Gasteiger partial charge in [0.25, 0.3) is 0 Å². The van der Waals surface area contributed by atoms with Crippen LogP contribution in [0.15, 0.2) is 41.3 Å². The normalized spacial score (nSPS) is 12.5. The van der Waals surface area contributed by atoms with Crippen molar-refractivity contribution in [2.45, 2.75) is 17.9 Å². The molecule has 100 valence electrons. The number of nitrogens with two attached hydrogens (primary N) is 1. The lowest BCUT2D eigenvalue weighted by atomic mass is 9.97. The Labute approximate surface area is 115 Å². The summed E-state index contributed by atoms with van der Waals surface area (Å²) < 4.78 is 28.0. The quantitative estimate of drug-likeness (QED) is 0.858. The first kappa shape index (κ1) is 14.0. The Kier molecular flexibility index (Phi) is 4.22. The number of hydrogen-bond donors (Lipinski definition) is 1. The highest BCUT2D eigenvalue weighted by molar-refractivity contribution is 7.98. The van der Waals surface area contributed by atoms with Crippen LogP contribution in [0.5, 0.6) is 0 Å². The molecule has 0 aromatic heterocycles. The van der Waals surface area contributed by atoms with Crippen LogP contribution in [0.4, 0.5) is 8.78 Å². The van der Waals surface area contributed by atoms with Crippen LogP contribution >= 0.6 is 11.8 Å². The van der Waals surface area contributed by atoms with Crippen LogP contribution < -0.4 is 5.73 Å². The van der Waals surface area contributed by atoms with E-state index in [1.165, 1.54) is 23.9 Å². The van der Waals surface area contributed by atoms with Crippen LogP contribution in [0.2, 0.25) is 0 Å². The second-order valence-corrected chi connectivity index (χ2v) is 5.16. The van der Waals surface area contributed by atoms with Gasteiger partial charge in [-0.1, -0.05) is 24.3 Å². The third kappa shape index (κ3) is 2.65. The first-order valence-corrected chi connectivity index (χ1v) is 7.11. The van der Waals surface area contributed by atoms with Gasteiger partial charge in [0.1, 0.15) is 11.6 Å². The molecule has 0 aliphatic heterocycles. The Morgan fingerprint density at radius 3 is 2.47 bits per heavy atom. The van der Waals surface area contributed by atoms with Crippen molar-refractivity contribution < 1.29 is 8.78 Å². The zero-order chi connectivity index (χ0) is 14.0. The molecule has 2 aromatic carbocycles. The third-order valence-corrected chi connectivity index (χ3v) is 3.92. The number of hydrogen-bond acceptors (Lipinski definition) is 2. The standard InChI is InChI=1S/C15H15F2NS/c1-9-7-8-11(16)13(14(9)17)15(18)10-5-3-4-6-12(10)19-2/h3-8,15H,18H2,1-2H3. The summed E-state index contributed by atoms with van der Waals surface area (Å²) in [5, 5.41) is 0. The van der Waals surface area contributed by atoms with Gasteiger partial charge in [0.2, 0.25) is 0 Å². The van der Waals surface area contributed by atoms with Gasteiger partial charge < -0.3 is 5.73 Å². The minimum absolute atomic E-state index is 0.0681. The molecule has 0 amide bonds. The maximum Gasteiger partial charge on any atom is 0.134 e. The van der Waals surface area contributed by atoms with E-state index in [9.17, 15) is 8.78 Å². The molecule has 0 saturated carbocycles. The zero-order valence-corrected chi connectivity index (χ0v) is 11.6. The highest BCUT2D eigenvalue weighted by Crippen LogP contribution is 2.31. The second kappa shape index (κ2) is 5.72. The average molecular weight is 279 g/mol. The van der Waals surface area contributed by atoms with Crippen molar-refractivity contribution in [1.29, 1.82) is 0 Å². The zero-order valence-electron chi connectivity index (χ0n) is 10.8. The molecule has 2 N–H and O–H groups in total. The fourth-order valence-corrected chi connectivity index (χ4v) is 2.69. The molecule has 0 aliphatic rings. The predicted octanol–water partition coefficient (Wildman–Crippen LogP) is 4.04. The van der Waals surface area contributed by atoms with Crippen molar-refractivity contribution in [3.05, 3.63) is 64.7 Å². The molecule has 19 heavy (non-hydrogen) atoms. The molecule has 0 saturated heterocycles. The first-order valence-electron chi connectivity index (χ1n) is 5.89. The van der Waals surface area contributed by atoms with Crippen LogP contribution in [0.25, 0.3) is 0 Å². The number of thioether (sulfide) groups is 1. The molecule has 0 spiro atoms. The molecule has 0 fully saturated rings. The maximum absolute atomic E-state index is 14.1. The molecule has 1 atom stereocenters. The molecule has 0 bridgehead atoms. The van der Waals surface area contributed by atoms with Crippen LogP contribution in [-0.4, -0.2) is 6.26 Å². The van der Waals surface area contributed by atoms with Crippen molar-refractivity contribution in [1.82, 2.24) is 0 Å². The molecule has 0 aliphatic carbocycles. The molecule has 4 heteroatoms. The smallest absolute Gasteiger partial charge is 0.134 e. The lowest BCUT2D eigenvalue weighted by molar-refractivity contribution is 0.537. The number of benzene rings is 2. The lowest BCUT2D eigenvalue weighted by Crippen LogP contribution is -2.17. The van der Waals surface area contributed by atoms with Gasteiger partial charge in [0.05, 0.1) is 6.04 Å². The predicted molar refractivity (Wildman–Crippen MR) is 75.3 cm³/mol. The summed E-state index contributed by atoms with van der Waals surface area (Å²) in [6, 6.07) is 9.27. The summed E-state index contributed by atoms with van der Waals surface area (Å²) in [5.74, 6) is -1.17. The third-order valence-electron chi connectivity index (χ3n) is 3.10. The van der Waals surface area contributed by atoms with Gasteiger partial charge in [-0.15, -0.1) is 11.8 Å². The van der Waals surface area contributed by atoms with E-state index in [0.717, 1.165) is 10.5 Å². The highest BCUT2D eigenvalue weighted by atomic mass is 32.2. The molecule has 1 unspecified atom stereocenters. The van der Waals surface area contributed by atoms with Gasteiger partial charge in [0.15, 0.2) is 0 Å². The van der Waals surface area contributed by atoms with E-state index >= 15 is 0 Å². The minimum Gasteiger partial charge on any atom is -0.320 e. The van der Waals surface area contributed by atoms with E-state index < -0.39 is 17.7 Å². The highest BCUT2D eigenvalue weighted by Gasteiger charge is 2.21. The number of rotatable bonds is 3. The summed E-state index contributed by atoms with van der Waals surface area (Å²) in [5.41, 5.74) is 7.13. The van der Waals surface area contributed by atoms with Gasteiger partial charge in [-0.3, -0.25) is 0 Å². The van der Waals surface area contributed by atoms with Gasteiger partial charge in [-0.05, 0) is 36.4 Å². The molecule has 0 heterocycles. The molecular formula is C15H15F2NS. The van der Waals surface area contributed by atoms with Crippen molar-refractivity contribution in [2.24, 2.45) is 5.73 Å². The largest absolute Gasteiger partial charge is 0.320 e. The van der Waals surface area contributed by atoms with E-state index in [4.69, 9.17) is 5.73 Å². The van der Waals surface area contributed by atoms with Gasteiger partial charge in [-0.25, -0.2) is 8.78 Å². The Morgan fingerprint density at radius 1 is 1.11 bits per heavy atom. The van der Waals surface area contributed by atoms with Crippen molar-refractivity contribution in [3.8, 4) is 0 Å². The summed E-state index contributed by atoms with van der Waals surface area (Å²) >= 11 is 1.51. The van der Waals surface area contributed by atoms with E-state index in [0.29, 0.717) is 5.56 Å². The topological polar surface area (TPSA) is 26.0 Å².